The molecule has 0 unspecified atom stereocenters. The number of para-hydroxylation sites is 3. The fourth-order valence-electron chi connectivity index (χ4n) is 6.61. The first-order valence-electron chi connectivity index (χ1n) is 18.1. The molecule has 4 aromatic carbocycles. The number of benzene rings is 4. The number of ether oxygens (including phenoxy) is 1. The van der Waals surface area contributed by atoms with Crippen molar-refractivity contribution in [2.24, 2.45) is 0 Å². The predicted octanol–water partition coefficient (Wildman–Crippen LogP) is 13.5. The van der Waals surface area contributed by atoms with E-state index in [1.165, 1.54) is 50.3 Å². The van der Waals surface area contributed by atoms with Crippen LogP contribution < -0.4 is 14.5 Å². The van der Waals surface area contributed by atoms with Crippen molar-refractivity contribution in [2.75, 3.05) is 22.9 Å². The summed E-state index contributed by atoms with van der Waals surface area (Å²) in [6.07, 6.45) is 0. The van der Waals surface area contributed by atoms with Gasteiger partial charge in [0.05, 0.1) is 0 Å². The summed E-state index contributed by atoms with van der Waals surface area (Å²) in [5.74, 6) is 3.58. The first-order chi connectivity index (χ1) is 23.8. The summed E-state index contributed by atoms with van der Waals surface area (Å²) in [6, 6.07) is 30.5. The first kappa shape index (κ1) is 41.0. The summed E-state index contributed by atoms with van der Waals surface area (Å²) < 4.78 is 8.59. The minimum absolute atomic E-state index is 0.466. The summed E-state index contributed by atoms with van der Waals surface area (Å²) in [5.41, 5.74) is 12.4. The van der Waals surface area contributed by atoms with Crippen LogP contribution in [0, 0.1) is 6.67 Å². The van der Waals surface area contributed by atoms with Crippen LogP contribution in [0.3, 0.4) is 0 Å². The van der Waals surface area contributed by atoms with Crippen LogP contribution in [-0.4, -0.2) is 17.7 Å². The Labute approximate surface area is 330 Å². The zero-order chi connectivity index (χ0) is 36.5. The molecule has 1 saturated heterocycles. The molecule has 272 valence electrons. The normalized spacial score (nSPS) is 13.4. The van der Waals surface area contributed by atoms with Gasteiger partial charge in [0.1, 0.15) is 0 Å². The summed E-state index contributed by atoms with van der Waals surface area (Å²) in [4.78, 5) is 5.01. The molecule has 0 aliphatic carbocycles. The third-order valence-electron chi connectivity index (χ3n) is 9.23. The molecule has 0 atom stereocenters. The van der Waals surface area contributed by atoms with Crippen molar-refractivity contribution in [3.8, 4) is 5.75 Å². The van der Waals surface area contributed by atoms with Gasteiger partial charge in [0.25, 0.3) is 0 Å². The molecule has 0 aromatic heterocycles. The van der Waals surface area contributed by atoms with E-state index in [1.54, 1.807) is 0 Å². The van der Waals surface area contributed by atoms with E-state index in [4.69, 9.17) is 4.74 Å². The van der Waals surface area contributed by atoms with E-state index in [-0.39, 0.29) is 0 Å². The zero-order valence-electron chi connectivity index (χ0n) is 31.7. The third-order valence-corrected chi connectivity index (χ3v) is 12.8. The molecule has 0 N–H and O–H groups in total. The number of halogens is 2. The monoisotopic (exact) mass is 985 g/mol. The van der Waals surface area contributed by atoms with Gasteiger partial charge in [0.2, 0.25) is 0 Å². The topological polar surface area (TPSA) is 15.7 Å². The Hall–Kier alpha value is -1.77. The molecule has 1 aliphatic heterocycles. The van der Waals surface area contributed by atoms with Crippen LogP contribution in [0.25, 0.3) is 0 Å². The number of hydrogen-bond acceptors (Lipinski definition) is 3. The van der Waals surface area contributed by atoms with Gasteiger partial charge in [-0.3, -0.25) is 0 Å². The molecular formula is C44H57I2N2ORu-. The summed E-state index contributed by atoms with van der Waals surface area (Å²) in [5, 5.41) is 0. The Morgan fingerprint density at radius 1 is 0.580 bits per heavy atom. The maximum absolute atomic E-state index is 6.20. The van der Waals surface area contributed by atoms with Crippen LogP contribution in [0.2, 0.25) is 0 Å². The van der Waals surface area contributed by atoms with Crippen molar-refractivity contribution in [1.29, 1.82) is 0 Å². The van der Waals surface area contributed by atoms with Crippen molar-refractivity contribution in [3.05, 3.63) is 131 Å². The molecular weight excluding hydrogens is 927 g/mol. The minimum atomic E-state index is -0.882. The Morgan fingerprint density at radius 2 is 0.980 bits per heavy atom. The fraction of sp³-hybridized carbons (Fsp3) is 0.409. The quantitative estimate of drug-likeness (QED) is 0.0846. The number of anilines is 2. The van der Waals surface area contributed by atoms with E-state index in [0.29, 0.717) is 36.2 Å². The van der Waals surface area contributed by atoms with Crippen LogP contribution >= 0.6 is 39.5 Å². The maximum atomic E-state index is 6.20. The van der Waals surface area contributed by atoms with Crippen molar-refractivity contribution in [1.82, 2.24) is 0 Å². The molecule has 1 aliphatic rings. The molecule has 5 rings (SSSR count). The van der Waals surface area contributed by atoms with Gasteiger partial charge in [0.15, 0.2) is 0 Å². The Kier molecular flexibility index (Phi) is 15.9. The van der Waals surface area contributed by atoms with Gasteiger partial charge >= 0.3 is 155 Å². The van der Waals surface area contributed by atoms with Crippen LogP contribution in [0.1, 0.15) is 138 Å². The SMILES string of the molecule is CC(C)c1cccc(C(C)C)c1N1[CH-]N(c2c(C(C)C)cccc2C(C)C)CC1.CC(C)c1cccc([CH]=[Ru]([I])[I])c1OCc1ccccc1. The molecule has 4 aromatic rings. The van der Waals surface area contributed by atoms with E-state index in [9.17, 15) is 0 Å². The zero-order valence-corrected chi connectivity index (χ0v) is 37.7. The van der Waals surface area contributed by atoms with Gasteiger partial charge in [-0.1, -0.05) is 91.8 Å². The summed E-state index contributed by atoms with van der Waals surface area (Å²) in [7, 11) is -0.882. The molecule has 0 saturated carbocycles. The second-order valence-corrected chi connectivity index (χ2v) is 34.6. The molecule has 0 bridgehead atoms. The average molecular weight is 985 g/mol. The van der Waals surface area contributed by atoms with Crippen LogP contribution in [0.15, 0.2) is 84.9 Å². The second kappa shape index (κ2) is 19.4. The van der Waals surface area contributed by atoms with Crippen LogP contribution in [0.5, 0.6) is 5.75 Å². The standard InChI is InChI=1S/C27H39N2.C17H18O.2HI.Ru/c1-18(2)22-11-9-12-23(19(3)4)26(22)28-15-16-29(17-28)27-24(20(5)6)13-10-14-25(27)21(7)8;1-13(2)16-11-7-8-14(3)17(16)18-12-15-9-5-4-6-10-15;;;/h9-14,17-21H,15-16H2,1-8H3;3-11,13H,12H2,1-2H3;2*1H;/q-1;;;;+2/p-2. The van der Waals surface area contributed by atoms with E-state index in [0.717, 1.165) is 18.8 Å². The van der Waals surface area contributed by atoms with Crippen LogP contribution in [-0.2, 0) is 15.1 Å². The molecule has 50 heavy (non-hydrogen) atoms. The van der Waals surface area contributed by atoms with E-state index >= 15 is 0 Å². The van der Waals surface area contributed by atoms with Gasteiger partial charge in [0, 0.05) is 24.5 Å². The third kappa shape index (κ3) is 10.7. The molecule has 1 fully saturated rings. The van der Waals surface area contributed by atoms with Crippen molar-refractivity contribution in [2.45, 2.75) is 105 Å². The average Bonchev–Trinajstić information content (AvgIpc) is 3.57. The van der Waals surface area contributed by atoms with Gasteiger partial charge in [-0.05, 0) is 45.9 Å². The van der Waals surface area contributed by atoms with Gasteiger partial charge in [-0.15, -0.1) is 0 Å². The molecule has 3 nitrogen and oxygen atoms in total. The van der Waals surface area contributed by atoms with E-state index in [1.807, 2.05) is 6.07 Å². The van der Waals surface area contributed by atoms with Crippen molar-refractivity contribution in [3.63, 3.8) is 0 Å². The number of nitrogens with zero attached hydrogens (tertiary/aromatic N) is 2. The first-order valence-corrected chi connectivity index (χ1v) is 29.4. The molecule has 6 heteroatoms. The number of hydrogen-bond donors (Lipinski definition) is 0. The number of rotatable bonds is 11. The molecule has 0 spiro atoms. The Bertz CT molecular complexity index is 1590. The summed E-state index contributed by atoms with van der Waals surface area (Å²) in [6.45, 7) is 28.0. The van der Waals surface area contributed by atoms with Gasteiger partial charge in [-0.2, -0.15) is 6.67 Å². The van der Waals surface area contributed by atoms with Crippen LogP contribution in [0.4, 0.5) is 11.4 Å². The van der Waals surface area contributed by atoms with Crippen molar-refractivity contribution < 1.29 is 13.2 Å². The fourth-order valence-corrected chi connectivity index (χ4v) is 10.2. The molecule has 1 heterocycles. The second-order valence-electron chi connectivity index (χ2n) is 14.7. The molecule has 0 radical (unpaired) electrons. The van der Waals surface area contributed by atoms with Gasteiger partial charge < -0.3 is 9.80 Å². The van der Waals surface area contributed by atoms with E-state index in [2.05, 4.69) is 209 Å². The Morgan fingerprint density at radius 3 is 1.38 bits per heavy atom. The summed E-state index contributed by atoms with van der Waals surface area (Å²) >= 11 is 5.10. The van der Waals surface area contributed by atoms with E-state index < -0.39 is 8.47 Å². The van der Waals surface area contributed by atoms with Crippen molar-refractivity contribution >= 4 is 55.5 Å². The molecule has 0 amide bonds. The Balaban J connectivity index is 0.000000237. The van der Waals surface area contributed by atoms with Gasteiger partial charge in [-0.25, -0.2) is 0 Å². The predicted molar refractivity (Wildman–Crippen MR) is 233 cm³/mol.